The van der Waals surface area contributed by atoms with Crippen molar-refractivity contribution in [2.75, 3.05) is 12.1 Å². The van der Waals surface area contributed by atoms with E-state index in [1.54, 1.807) is 24.3 Å². The third-order valence-electron chi connectivity index (χ3n) is 5.46. The van der Waals surface area contributed by atoms with E-state index in [0.717, 1.165) is 27.5 Å². The molecule has 1 N–H and O–H groups in total. The van der Waals surface area contributed by atoms with E-state index in [9.17, 15) is 10.1 Å². The number of thiophene rings is 1. The van der Waals surface area contributed by atoms with Crippen LogP contribution in [0.2, 0.25) is 0 Å². The molecule has 0 atom stereocenters. The zero-order chi connectivity index (χ0) is 23.5. The van der Waals surface area contributed by atoms with Gasteiger partial charge >= 0.3 is 0 Å². The number of fused-ring (bicyclic) bond motifs is 1. The van der Waals surface area contributed by atoms with Gasteiger partial charge in [-0.1, -0.05) is 30.3 Å². The van der Waals surface area contributed by atoms with Crippen LogP contribution in [-0.4, -0.2) is 12.7 Å². The Morgan fingerprint density at radius 3 is 2.65 bits per heavy atom. The maximum Gasteiger partial charge on any atom is 0.256 e. The molecule has 1 aliphatic heterocycles. The normalized spacial score (nSPS) is 11.6. The highest BCUT2D eigenvalue weighted by molar-refractivity contribution is 7.16. The van der Waals surface area contributed by atoms with Gasteiger partial charge in [0.2, 0.25) is 6.79 Å². The molecule has 7 heteroatoms. The zero-order valence-electron chi connectivity index (χ0n) is 18.3. The van der Waals surface area contributed by atoms with E-state index in [1.807, 2.05) is 55.5 Å². The van der Waals surface area contributed by atoms with Gasteiger partial charge in [-0.15, -0.1) is 11.3 Å². The van der Waals surface area contributed by atoms with E-state index in [2.05, 4.69) is 11.4 Å². The fraction of sp³-hybridized carbons (Fsp3) is 0.111. The lowest BCUT2D eigenvalue weighted by atomic mass is 10.1. The number of para-hydroxylation sites is 1. The van der Waals surface area contributed by atoms with Crippen LogP contribution in [0.3, 0.4) is 0 Å². The number of amides is 1. The van der Waals surface area contributed by atoms with Gasteiger partial charge in [0.15, 0.2) is 11.5 Å². The van der Waals surface area contributed by atoms with Gasteiger partial charge in [0, 0.05) is 16.9 Å². The summed E-state index contributed by atoms with van der Waals surface area (Å²) in [6.45, 7) is 2.13. The summed E-state index contributed by atoms with van der Waals surface area (Å²) in [6.07, 6.45) is 0.623. The Morgan fingerprint density at radius 2 is 1.82 bits per heavy atom. The number of anilines is 1. The van der Waals surface area contributed by atoms with E-state index < -0.39 is 0 Å². The maximum atomic E-state index is 13.0. The third kappa shape index (κ3) is 4.45. The summed E-state index contributed by atoms with van der Waals surface area (Å²) < 4.78 is 16.7. The Labute approximate surface area is 201 Å². The van der Waals surface area contributed by atoms with Crippen LogP contribution in [0, 0.1) is 18.3 Å². The van der Waals surface area contributed by atoms with Gasteiger partial charge < -0.3 is 19.5 Å². The molecular weight excluding hydrogens is 448 g/mol. The first-order valence-corrected chi connectivity index (χ1v) is 11.5. The van der Waals surface area contributed by atoms with Gasteiger partial charge in [-0.25, -0.2) is 0 Å². The highest BCUT2D eigenvalue weighted by atomic mass is 32.1. The number of rotatable bonds is 6. The van der Waals surface area contributed by atoms with Gasteiger partial charge in [-0.2, -0.15) is 5.26 Å². The second kappa shape index (κ2) is 9.30. The molecule has 0 aliphatic carbocycles. The minimum atomic E-state index is -0.300. The molecule has 0 spiro atoms. The van der Waals surface area contributed by atoms with Crippen molar-refractivity contribution in [3.63, 3.8) is 0 Å². The molecule has 4 aromatic rings. The van der Waals surface area contributed by atoms with E-state index in [4.69, 9.17) is 14.2 Å². The molecule has 0 unspecified atom stereocenters. The van der Waals surface area contributed by atoms with Crippen molar-refractivity contribution < 1.29 is 19.0 Å². The summed E-state index contributed by atoms with van der Waals surface area (Å²) in [5, 5.41) is 13.2. The molecule has 6 nitrogen and oxygen atoms in total. The first-order chi connectivity index (χ1) is 16.6. The SMILES string of the molecule is Cc1c(Cc2ccc3c(c2)OCO3)sc(NC(=O)c2cccc(Oc3ccccc3)c2)c1C#N. The molecule has 1 amide bonds. The summed E-state index contributed by atoms with van der Waals surface area (Å²) in [5.41, 5.74) is 2.83. The first kappa shape index (κ1) is 21.6. The number of nitrogens with zero attached hydrogens (tertiary/aromatic N) is 1. The minimum Gasteiger partial charge on any atom is -0.457 e. The Morgan fingerprint density at radius 1 is 1.03 bits per heavy atom. The largest absolute Gasteiger partial charge is 0.457 e. The van der Waals surface area contributed by atoms with Crippen molar-refractivity contribution in [1.29, 1.82) is 5.26 Å². The Kier molecular flexibility index (Phi) is 5.90. The quantitative estimate of drug-likeness (QED) is 0.360. The van der Waals surface area contributed by atoms with Crippen LogP contribution in [0.1, 0.15) is 31.9 Å². The number of nitriles is 1. The lowest BCUT2D eigenvalue weighted by Gasteiger charge is -2.08. The molecule has 168 valence electrons. The second-order valence-electron chi connectivity index (χ2n) is 7.73. The number of hydrogen-bond acceptors (Lipinski definition) is 6. The van der Waals surface area contributed by atoms with Crippen molar-refractivity contribution in [3.8, 4) is 29.1 Å². The first-order valence-electron chi connectivity index (χ1n) is 10.7. The van der Waals surface area contributed by atoms with E-state index >= 15 is 0 Å². The molecule has 3 aromatic carbocycles. The molecule has 5 rings (SSSR count). The van der Waals surface area contributed by atoms with Crippen molar-refractivity contribution in [2.24, 2.45) is 0 Å². The van der Waals surface area contributed by atoms with Crippen molar-refractivity contribution in [2.45, 2.75) is 13.3 Å². The number of carbonyl (C=O) groups is 1. The lowest BCUT2D eigenvalue weighted by Crippen LogP contribution is -2.11. The predicted octanol–water partition coefficient (Wildman–Crippen LogP) is 6.29. The van der Waals surface area contributed by atoms with Gasteiger partial charge in [0.1, 0.15) is 22.6 Å². The van der Waals surface area contributed by atoms with Crippen LogP contribution in [0.4, 0.5) is 5.00 Å². The standard InChI is InChI=1S/C27H20N2O4S/c1-17-22(15-28)27(34-25(17)13-18-10-11-23-24(12-18)32-16-31-23)29-26(30)19-6-5-9-21(14-19)33-20-7-3-2-4-8-20/h2-12,14H,13,16H2,1H3,(H,29,30). The second-order valence-corrected chi connectivity index (χ2v) is 8.83. The van der Waals surface area contributed by atoms with Gasteiger partial charge in [-0.3, -0.25) is 4.79 Å². The van der Waals surface area contributed by atoms with Crippen LogP contribution in [0.5, 0.6) is 23.0 Å². The highest BCUT2D eigenvalue weighted by Crippen LogP contribution is 2.37. The maximum absolute atomic E-state index is 13.0. The Bertz CT molecular complexity index is 1410. The molecule has 0 radical (unpaired) electrons. The number of nitrogens with one attached hydrogen (secondary N) is 1. The summed E-state index contributed by atoms with van der Waals surface area (Å²) in [7, 11) is 0. The van der Waals surface area contributed by atoms with Crippen LogP contribution < -0.4 is 19.5 Å². The van der Waals surface area contributed by atoms with E-state index in [0.29, 0.717) is 34.0 Å². The van der Waals surface area contributed by atoms with Crippen molar-refractivity contribution in [3.05, 3.63) is 99.9 Å². The summed E-state index contributed by atoms with van der Waals surface area (Å²) in [6, 6.07) is 24.4. The molecular formula is C27H20N2O4S. The Balaban J connectivity index is 1.35. The number of benzene rings is 3. The molecule has 1 aromatic heterocycles. The monoisotopic (exact) mass is 468 g/mol. The minimum absolute atomic E-state index is 0.225. The molecule has 0 saturated carbocycles. The lowest BCUT2D eigenvalue weighted by molar-refractivity contribution is 0.102. The average Bonchev–Trinajstić information content (AvgIpc) is 3.43. The van der Waals surface area contributed by atoms with E-state index in [-0.39, 0.29) is 12.7 Å². The van der Waals surface area contributed by atoms with Crippen molar-refractivity contribution >= 4 is 22.2 Å². The fourth-order valence-corrected chi connectivity index (χ4v) is 4.87. The molecule has 2 heterocycles. The van der Waals surface area contributed by atoms with Gasteiger partial charge in [0.05, 0.1) is 5.56 Å². The molecule has 0 bridgehead atoms. The highest BCUT2D eigenvalue weighted by Gasteiger charge is 2.19. The molecule has 0 saturated heterocycles. The van der Waals surface area contributed by atoms with Gasteiger partial charge in [-0.05, 0) is 60.5 Å². The van der Waals surface area contributed by atoms with Crippen LogP contribution >= 0.6 is 11.3 Å². The molecule has 0 fully saturated rings. The van der Waals surface area contributed by atoms with Gasteiger partial charge in [0.25, 0.3) is 5.91 Å². The third-order valence-corrected chi connectivity index (χ3v) is 6.67. The Hall–Kier alpha value is -4.28. The number of carbonyl (C=O) groups excluding carboxylic acids is 1. The topological polar surface area (TPSA) is 80.6 Å². The van der Waals surface area contributed by atoms with E-state index in [1.165, 1.54) is 11.3 Å². The average molecular weight is 469 g/mol. The summed E-state index contributed by atoms with van der Waals surface area (Å²) in [4.78, 5) is 14.0. The van der Waals surface area contributed by atoms with Crippen LogP contribution in [0.25, 0.3) is 0 Å². The summed E-state index contributed by atoms with van der Waals surface area (Å²) >= 11 is 1.41. The number of hydrogen-bond donors (Lipinski definition) is 1. The predicted molar refractivity (Wildman–Crippen MR) is 130 cm³/mol. The molecule has 1 aliphatic rings. The summed E-state index contributed by atoms with van der Waals surface area (Å²) in [5.74, 6) is 2.40. The number of ether oxygens (including phenoxy) is 3. The molecule has 34 heavy (non-hydrogen) atoms. The van der Waals surface area contributed by atoms with Crippen molar-refractivity contribution in [1.82, 2.24) is 0 Å². The van der Waals surface area contributed by atoms with Crippen LogP contribution in [0.15, 0.2) is 72.8 Å². The zero-order valence-corrected chi connectivity index (χ0v) is 19.1. The smallest absolute Gasteiger partial charge is 0.256 e. The van der Waals surface area contributed by atoms with Crippen LogP contribution in [-0.2, 0) is 6.42 Å². The fourth-order valence-electron chi connectivity index (χ4n) is 3.69.